The molecule has 0 atom stereocenters. The number of carbonyl (C=O) groups is 2. The third-order valence-corrected chi connectivity index (χ3v) is 6.16. The number of benzene rings is 2. The van der Waals surface area contributed by atoms with Gasteiger partial charge in [0.25, 0.3) is 0 Å². The Kier molecular flexibility index (Phi) is 4.59. The van der Waals surface area contributed by atoms with Gasteiger partial charge < -0.3 is 9.30 Å². The predicted octanol–water partition coefficient (Wildman–Crippen LogP) is 3.86. The first kappa shape index (κ1) is 17.6. The van der Waals surface area contributed by atoms with Gasteiger partial charge in [-0.3, -0.25) is 4.79 Å². The topological polar surface area (TPSA) is 73.5 Å². The summed E-state index contributed by atoms with van der Waals surface area (Å²) < 4.78 is 8.55. The maximum atomic E-state index is 12.7. The Morgan fingerprint density at radius 2 is 1.96 bits per heavy atom. The molecule has 2 aromatic heterocycles. The zero-order chi connectivity index (χ0) is 19.0. The lowest BCUT2D eigenvalue weighted by Gasteiger charge is -2.01. The van der Waals surface area contributed by atoms with Crippen LogP contribution >= 0.6 is 22.7 Å². The fourth-order valence-corrected chi connectivity index (χ4v) is 4.79. The molecule has 4 rings (SSSR count). The SMILES string of the molecule is CCn1c(=NC(=O)c2nc3ccccc3s2)sc2cc(C(=O)OC)ccc21. The molecule has 0 aliphatic rings. The number of carbonyl (C=O) groups excluding carboxylic acids is 2. The second-order valence-electron chi connectivity index (χ2n) is 5.71. The van der Waals surface area contributed by atoms with E-state index in [2.05, 4.69) is 9.98 Å². The van der Waals surface area contributed by atoms with Crippen LogP contribution in [0.25, 0.3) is 20.4 Å². The van der Waals surface area contributed by atoms with E-state index >= 15 is 0 Å². The number of aromatic nitrogens is 2. The number of hydrogen-bond acceptors (Lipinski definition) is 6. The number of esters is 1. The van der Waals surface area contributed by atoms with E-state index in [0.717, 1.165) is 20.4 Å². The summed E-state index contributed by atoms with van der Waals surface area (Å²) >= 11 is 2.70. The van der Waals surface area contributed by atoms with Crippen molar-refractivity contribution in [1.29, 1.82) is 0 Å². The average molecular weight is 397 g/mol. The number of methoxy groups -OCH3 is 1. The van der Waals surface area contributed by atoms with Crippen molar-refractivity contribution in [2.75, 3.05) is 7.11 Å². The quantitative estimate of drug-likeness (QED) is 0.492. The van der Waals surface area contributed by atoms with E-state index in [1.54, 1.807) is 12.1 Å². The standard InChI is InChI=1S/C19H15N3O3S2/c1-3-22-13-9-8-11(18(24)25-2)10-15(13)27-19(22)21-16(23)17-20-12-6-4-5-7-14(12)26-17/h4-10H,3H2,1-2H3. The lowest BCUT2D eigenvalue weighted by molar-refractivity contribution is 0.0601. The minimum absolute atomic E-state index is 0.363. The maximum absolute atomic E-state index is 12.7. The van der Waals surface area contributed by atoms with Crippen molar-refractivity contribution in [2.24, 2.45) is 4.99 Å². The van der Waals surface area contributed by atoms with Crippen LogP contribution in [0.1, 0.15) is 27.1 Å². The first-order valence-electron chi connectivity index (χ1n) is 8.27. The number of ether oxygens (including phenoxy) is 1. The summed E-state index contributed by atoms with van der Waals surface area (Å²) in [4.78, 5) is 33.7. The Morgan fingerprint density at radius 1 is 1.15 bits per heavy atom. The summed E-state index contributed by atoms with van der Waals surface area (Å²) in [5, 5.41) is 0.367. The molecule has 0 aliphatic carbocycles. The summed E-state index contributed by atoms with van der Waals surface area (Å²) in [5.41, 5.74) is 2.19. The van der Waals surface area contributed by atoms with Crippen molar-refractivity contribution in [3.05, 3.63) is 57.8 Å². The Bertz CT molecular complexity index is 1220. The van der Waals surface area contributed by atoms with Gasteiger partial charge in [-0.25, -0.2) is 9.78 Å². The summed E-state index contributed by atoms with van der Waals surface area (Å²) in [6.45, 7) is 2.64. The van der Waals surface area contributed by atoms with Crippen molar-refractivity contribution >= 4 is 55.0 Å². The molecule has 4 aromatic rings. The zero-order valence-electron chi connectivity index (χ0n) is 14.6. The maximum Gasteiger partial charge on any atom is 0.337 e. The van der Waals surface area contributed by atoms with Crippen LogP contribution in [0.2, 0.25) is 0 Å². The molecule has 8 heteroatoms. The highest BCUT2D eigenvalue weighted by atomic mass is 32.1. The van der Waals surface area contributed by atoms with E-state index in [-0.39, 0.29) is 5.91 Å². The minimum Gasteiger partial charge on any atom is -0.465 e. The molecule has 2 aromatic carbocycles. The lowest BCUT2D eigenvalue weighted by Crippen LogP contribution is -2.15. The summed E-state index contributed by atoms with van der Waals surface area (Å²) in [7, 11) is 1.35. The van der Waals surface area contributed by atoms with Gasteiger partial charge >= 0.3 is 11.9 Å². The van der Waals surface area contributed by atoms with Crippen LogP contribution in [0.3, 0.4) is 0 Å². The number of amides is 1. The fourth-order valence-electron chi connectivity index (χ4n) is 2.81. The zero-order valence-corrected chi connectivity index (χ0v) is 16.3. The Hall–Kier alpha value is -2.84. The average Bonchev–Trinajstić information content (AvgIpc) is 3.27. The van der Waals surface area contributed by atoms with Gasteiger partial charge in [-0.2, -0.15) is 4.99 Å². The van der Waals surface area contributed by atoms with E-state index in [1.807, 2.05) is 41.8 Å². The minimum atomic E-state index is -0.391. The van der Waals surface area contributed by atoms with Gasteiger partial charge in [-0.15, -0.1) is 11.3 Å². The molecule has 136 valence electrons. The van der Waals surface area contributed by atoms with Crippen molar-refractivity contribution in [3.8, 4) is 0 Å². The molecule has 0 saturated carbocycles. The van der Waals surface area contributed by atoms with Gasteiger partial charge in [0.15, 0.2) is 9.81 Å². The fraction of sp³-hybridized carbons (Fsp3) is 0.158. The molecule has 0 saturated heterocycles. The van der Waals surface area contributed by atoms with Crippen LogP contribution in [0.4, 0.5) is 0 Å². The molecule has 0 aliphatic heterocycles. The second kappa shape index (κ2) is 7.05. The second-order valence-corrected chi connectivity index (χ2v) is 7.75. The van der Waals surface area contributed by atoms with Crippen LogP contribution < -0.4 is 4.80 Å². The number of hydrogen-bond donors (Lipinski definition) is 0. The van der Waals surface area contributed by atoms with E-state index in [4.69, 9.17) is 4.74 Å². The van der Waals surface area contributed by atoms with Crippen LogP contribution in [0.15, 0.2) is 47.5 Å². The van der Waals surface area contributed by atoms with E-state index in [1.165, 1.54) is 29.8 Å². The highest BCUT2D eigenvalue weighted by Crippen LogP contribution is 2.23. The number of thiazole rings is 2. The van der Waals surface area contributed by atoms with Crippen molar-refractivity contribution in [1.82, 2.24) is 9.55 Å². The Morgan fingerprint density at radius 3 is 2.70 bits per heavy atom. The molecule has 0 bridgehead atoms. The van der Waals surface area contributed by atoms with Crippen LogP contribution in [-0.4, -0.2) is 28.5 Å². The van der Waals surface area contributed by atoms with Crippen LogP contribution in [-0.2, 0) is 11.3 Å². The summed E-state index contributed by atoms with van der Waals surface area (Å²) in [6.07, 6.45) is 0. The third kappa shape index (κ3) is 3.17. The summed E-state index contributed by atoms with van der Waals surface area (Å²) in [6, 6.07) is 13.0. The molecular formula is C19H15N3O3S2. The number of rotatable bonds is 3. The first-order valence-corrected chi connectivity index (χ1v) is 9.90. The lowest BCUT2D eigenvalue weighted by atomic mass is 10.2. The van der Waals surface area contributed by atoms with Gasteiger partial charge in [0, 0.05) is 6.54 Å². The molecule has 0 radical (unpaired) electrons. The highest BCUT2D eigenvalue weighted by molar-refractivity contribution is 7.20. The van der Waals surface area contributed by atoms with E-state index in [0.29, 0.717) is 21.9 Å². The Labute approximate surface area is 162 Å². The molecule has 0 spiro atoms. The molecule has 0 unspecified atom stereocenters. The van der Waals surface area contributed by atoms with Gasteiger partial charge in [0.1, 0.15) is 0 Å². The number of nitrogens with zero attached hydrogens (tertiary/aromatic N) is 3. The van der Waals surface area contributed by atoms with E-state index < -0.39 is 5.97 Å². The molecule has 0 fully saturated rings. The van der Waals surface area contributed by atoms with Gasteiger partial charge in [-0.1, -0.05) is 23.5 Å². The first-order chi connectivity index (χ1) is 13.1. The van der Waals surface area contributed by atoms with Crippen molar-refractivity contribution < 1.29 is 14.3 Å². The smallest absolute Gasteiger partial charge is 0.337 e. The van der Waals surface area contributed by atoms with Crippen LogP contribution in [0, 0.1) is 0 Å². The number of para-hydroxylation sites is 1. The molecule has 6 nitrogen and oxygen atoms in total. The van der Waals surface area contributed by atoms with Crippen molar-refractivity contribution in [2.45, 2.75) is 13.5 Å². The van der Waals surface area contributed by atoms with Crippen LogP contribution in [0.5, 0.6) is 0 Å². The molecular weight excluding hydrogens is 382 g/mol. The van der Waals surface area contributed by atoms with Gasteiger partial charge in [-0.05, 0) is 37.3 Å². The molecule has 2 heterocycles. The number of aryl methyl sites for hydroxylation is 1. The highest BCUT2D eigenvalue weighted by Gasteiger charge is 2.14. The third-order valence-electron chi connectivity index (χ3n) is 4.09. The normalized spacial score (nSPS) is 12.0. The molecule has 27 heavy (non-hydrogen) atoms. The molecule has 0 N–H and O–H groups in total. The monoisotopic (exact) mass is 397 g/mol. The number of fused-ring (bicyclic) bond motifs is 2. The van der Waals surface area contributed by atoms with Crippen molar-refractivity contribution in [3.63, 3.8) is 0 Å². The Balaban J connectivity index is 1.81. The van der Waals surface area contributed by atoms with E-state index in [9.17, 15) is 9.59 Å². The van der Waals surface area contributed by atoms with Gasteiger partial charge in [0.2, 0.25) is 0 Å². The van der Waals surface area contributed by atoms with Gasteiger partial charge in [0.05, 0.1) is 33.1 Å². The molecule has 1 amide bonds. The summed E-state index contributed by atoms with van der Waals surface area (Å²) in [5.74, 6) is -0.754. The predicted molar refractivity (Wildman–Crippen MR) is 106 cm³/mol. The largest absolute Gasteiger partial charge is 0.465 e.